The number of carbonyl (C=O) groups excluding carboxylic acids is 1. The van der Waals surface area contributed by atoms with E-state index in [1.807, 2.05) is 0 Å². The molecule has 2 aliphatic carbocycles. The van der Waals surface area contributed by atoms with Gasteiger partial charge in [-0.15, -0.1) is 0 Å². The molecule has 1 aliphatic heterocycles. The Morgan fingerprint density at radius 3 is 2.68 bits per heavy atom. The van der Waals surface area contributed by atoms with Crippen molar-refractivity contribution in [1.29, 1.82) is 5.26 Å². The van der Waals surface area contributed by atoms with Crippen molar-refractivity contribution in [3.05, 3.63) is 23.9 Å². The summed E-state index contributed by atoms with van der Waals surface area (Å²) in [7, 11) is 1.56. The van der Waals surface area contributed by atoms with Gasteiger partial charge in [0.2, 0.25) is 5.91 Å². The molecule has 1 N–H and O–H groups in total. The largest absolute Gasteiger partial charge is 0.375 e. The van der Waals surface area contributed by atoms with Gasteiger partial charge in [0, 0.05) is 45.0 Å². The Balaban J connectivity index is 1.33. The van der Waals surface area contributed by atoms with Gasteiger partial charge >= 0.3 is 0 Å². The Bertz CT molecular complexity index is 609. The number of carbonyl (C=O) groups is 1. The number of rotatable bonds is 7. The number of methoxy groups -OCH3 is 1. The molecule has 0 aromatic rings. The summed E-state index contributed by atoms with van der Waals surface area (Å²) in [6, 6.07) is 2.77. The second-order valence-electron chi connectivity index (χ2n) is 8.27. The van der Waals surface area contributed by atoms with E-state index in [0.29, 0.717) is 6.04 Å². The zero-order chi connectivity index (χ0) is 19.8. The van der Waals surface area contributed by atoms with E-state index >= 15 is 0 Å². The molecule has 3 aliphatic rings. The van der Waals surface area contributed by atoms with Crippen molar-refractivity contribution >= 4 is 5.91 Å². The van der Waals surface area contributed by atoms with E-state index in [2.05, 4.69) is 39.4 Å². The molecule has 6 heteroatoms. The normalized spacial score (nSPS) is 28.5. The molecule has 1 saturated heterocycles. The Hall–Kier alpha value is -1.84. The summed E-state index contributed by atoms with van der Waals surface area (Å²) in [6.45, 7) is 5.55. The first kappa shape index (κ1) is 20.9. The van der Waals surface area contributed by atoms with Crippen molar-refractivity contribution in [2.45, 2.75) is 44.6 Å². The third-order valence-electron chi connectivity index (χ3n) is 6.37. The van der Waals surface area contributed by atoms with Crippen molar-refractivity contribution in [1.82, 2.24) is 15.1 Å². The topological polar surface area (TPSA) is 68.6 Å². The molecule has 1 amide bonds. The highest BCUT2D eigenvalue weighted by atomic mass is 16.5. The van der Waals surface area contributed by atoms with Crippen LogP contribution in [-0.4, -0.2) is 68.2 Å². The molecule has 3 rings (SSSR count). The van der Waals surface area contributed by atoms with E-state index in [1.165, 1.54) is 31.5 Å². The Labute approximate surface area is 169 Å². The van der Waals surface area contributed by atoms with Gasteiger partial charge < -0.3 is 15.0 Å². The lowest BCUT2D eigenvalue weighted by Gasteiger charge is -2.39. The summed E-state index contributed by atoms with van der Waals surface area (Å²) in [6.07, 6.45) is 13.0. The molecule has 0 radical (unpaired) electrons. The lowest BCUT2D eigenvalue weighted by atomic mass is 9.84. The molecule has 0 bridgehead atoms. The number of nitrogens with zero attached hydrogens (tertiary/aromatic N) is 3. The maximum atomic E-state index is 11.6. The maximum absolute atomic E-state index is 11.6. The third-order valence-corrected chi connectivity index (χ3v) is 6.37. The summed E-state index contributed by atoms with van der Waals surface area (Å²) in [4.78, 5) is 16.6. The first-order valence-corrected chi connectivity index (χ1v) is 10.7. The minimum atomic E-state index is 0.00558. The summed E-state index contributed by atoms with van der Waals surface area (Å²) in [5.41, 5.74) is 1.21. The quantitative estimate of drug-likeness (QED) is 0.727. The van der Waals surface area contributed by atoms with Crippen LogP contribution in [0.4, 0.5) is 0 Å². The number of piperazine rings is 1. The van der Waals surface area contributed by atoms with Gasteiger partial charge in [0.05, 0.1) is 12.0 Å². The van der Waals surface area contributed by atoms with E-state index in [9.17, 15) is 10.1 Å². The summed E-state index contributed by atoms with van der Waals surface area (Å²) in [5.74, 6) is 0.810. The van der Waals surface area contributed by atoms with Gasteiger partial charge in [0.1, 0.15) is 6.61 Å². The van der Waals surface area contributed by atoms with Gasteiger partial charge in [-0.1, -0.05) is 12.2 Å². The van der Waals surface area contributed by atoms with Gasteiger partial charge in [0.15, 0.2) is 0 Å². The molecule has 154 valence electrons. The Kier molecular flexibility index (Phi) is 7.93. The second-order valence-corrected chi connectivity index (χ2v) is 8.27. The van der Waals surface area contributed by atoms with Crippen molar-refractivity contribution in [3.8, 4) is 6.07 Å². The van der Waals surface area contributed by atoms with Gasteiger partial charge in [0.25, 0.3) is 0 Å². The van der Waals surface area contributed by atoms with Crippen molar-refractivity contribution < 1.29 is 9.53 Å². The number of hydrogen-bond donors (Lipinski definition) is 1. The highest BCUT2D eigenvalue weighted by Crippen LogP contribution is 2.28. The van der Waals surface area contributed by atoms with E-state index in [1.54, 1.807) is 7.11 Å². The number of amides is 1. The molecular weight excluding hydrogens is 352 g/mol. The summed E-state index contributed by atoms with van der Waals surface area (Å²) < 4.78 is 4.89. The van der Waals surface area contributed by atoms with Crippen LogP contribution in [0.15, 0.2) is 23.9 Å². The minimum absolute atomic E-state index is 0.00558. The summed E-state index contributed by atoms with van der Waals surface area (Å²) in [5, 5.41) is 12.5. The molecule has 2 fully saturated rings. The fraction of sp³-hybridized carbons (Fsp3) is 0.727. The fourth-order valence-electron chi connectivity index (χ4n) is 4.65. The number of nitriles is 1. The van der Waals surface area contributed by atoms with Crippen LogP contribution in [0.5, 0.6) is 0 Å². The van der Waals surface area contributed by atoms with Crippen LogP contribution in [0, 0.1) is 23.2 Å². The number of hydrogen-bond acceptors (Lipinski definition) is 5. The van der Waals surface area contributed by atoms with Gasteiger partial charge in [-0.3, -0.25) is 9.69 Å². The van der Waals surface area contributed by atoms with Crippen molar-refractivity contribution in [3.63, 3.8) is 0 Å². The van der Waals surface area contributed by atoms with Crippen LogP contribution in [0.3, 0.4) is 0 Å². The average Bonchev–Trinajstić information content (AvgIpc) is 2.74. The highest BCUT2D eigenvalue weighted by Gasteiger charge is 2.26. The highest BCUT2D eigenvalue weighted by molar-refractivity contribution is 5.77. The lowest BCUT2D eigenvalue weighted by Crippen LogP contribution is -2.47. The number of allylic oxidation sites excluding steroid dienone is 4. The SMILES string of the molecule is COCC(=O)NC1CCC(CCN2CCN(C3=CC=CCC3C#N)CC2)CC1. The predicted octanol–water partition coefficient (Wildman–Crippen LogP) is 2.30. The molecule has 1 saturated carbocycles. The predicted molar refractivity (Wildman–Crippen MR) is 109 cm³/mol. The van der Waals surface area contributed by atoms with Crippen molar-refractivity contribution in [2.75, 3.05) is 46.4 Å². The molecule has 6 nitrogen and oxygen atoms in total. The standard InChI is InChI=1S/C22H34N4O2/c1-28-17-22(27)24-20-8-6-18(7-9-20)10-11-25-12-14-26(15-13-25)21-5-3-2-4-19(21)16-23/h2-3,5,18-20H,4,6-15,17H2,1H3,(H,24,27). The third kappa shape index (κ3) is 5.83. The van der Waals surface area contributed by atoms with Crippen LogP contribution in [0.25, 0.3) is 0 Å². The lowest BCUT2D eigenvalue weighted by molar-refractivity contribution is -0.125. The first-order chi connectivity index (χ1) is 13.7. The zero-order valence-corrected chi connectivity index (χ0v) is 17.1. The van der Waals surface area contributed by atoms with Gasteiger partial charge in [-0.2, -0.15) is 5.26 Å². The number of ether oxygens (including phenoxy) is 1. The van der Waals surface area contributed by atoms with Crippen LogP contribution in [0.1, 0.15) is 38.5 Å². The maximum Gasteiger partial charge on any atom is 0.246 e. The van der Waals surface area contributed by atoms with E-state index in [4.69, 9.17) is 4.74 Å². The molecule has 0 spiro atoms. The smallest absolute Gasteiger partial charge is 0.246 e. The Morgan fingerprint density at radius 2 is 2.00 bits per heavy atom. The van der Waals surface area contributed by atoms with Crippen LogP contribution in [-0.2, 0) is 9.53 Å². The monoisotopic (exact) mass is 386 g/mol. The molecular formula is C22H34N4O2. The van der Waals surface area contributed by atoms with Crippen LogP contribution in [0.2, 0.25) is 0 Å². The van der Waals surface area contributed by atoms with Gasteiger partial charge in [-0.25, -0.2) is 0 Å². The minimum Gasteiger partial charge on any atom is -0.375 e. The second kappa shape index (κ2) is 10.6. The van der Waals surface area contributed by atoms with Crippen LogP contribution < -0.4 is 5.32 Å². The molecule has 0 aromatic carbocycles. The van der Waals surface area contributed by atoms with E-state index in [0.717, 1.165) is 51.4 Å². The van der Waals surface area contributed by atoms with E-state index < -0.39 is 0 Å². The van der Waals surface area contributed by atoms with Crippen molar-refractivity contribution in [2.24, 2.45) is 11.8 Å². The molecule has 1 atom stereocenters. The molecule has 1 unspecified atom stereocenters. The first-order valence-electron chi connectivity index (χ1n) is 10.7. The molecule has 1 heterocycles. The van der Waals surface area contributed by atoms with Crippen LogP contribution >= 0.6 is 0 Å². The summed E-state index contributed by atoms with van der Waals surface area (Å²) >= 11 is 0. The Morgan fingerprint density at radius 1 is 1.25 bits per heavy atom. The fourth-order valence-corrected chi connectivity index (χ4v) is 4.65. The molecule has 28 heavy (non-hydrogen) atoms. The zero-order valence-electron chi connectivity index (χ0n) is 17.1. The molecule has 0 aromatic heterocycles. The number of nitrogens with one attached hydrogen (secondary N) is 1. The van der Waals surface area contributed by atoms with Gasteiger partial charge in [-0.05, 0) is 57.1 Å². The van der Waals surface area contributed by atoms with E-state index in [-0.39, 0.29) is 18.4 Å². The average molecular weight is 387 g/mol.